The zero-order valence-corrected chi connectivity index (χ0v) is 20.6. The summed E-state index contributed by atoms with van der Waals surface area (Å²) >= 11 is 0. The lowest BCUT2D eigenvalue weighted by atomic mass is 10.1. The van der Waals surface area contributed by atoms with Crippen molar-refractivity contribution in [2.75, 3.05) is 24.5 Å². The largest absolute Gasteiger partial charge is 0.331 e. The van der Waals surface area contributed by atoms with Crippen molar-refractivity contribution in [1.82, 2.24) is 8.87 Å². The van der Waals surface area contributed by atoms with E-state index in [0.717, 1.165) is 11.3 Å². The molecule has 0 radical (unpaired) electrons. The third-order valence-electron chi connectivity index (χ3n) is 6.76. The van der Waals surface area contributed by atoms with Crippen molar-refractivity contribution in [3.63, 3.8) is 0 Å². The van der Waals surface area contributed by atoms with Crippen molar-refractivity contribution in [1.29, 1.82) is 0 Å². The second-order valence-corrected chi connectivity index (χ2v) is 10.6. The molecule has 0 saturated carbocycles. The second kappa shape index (κ2) is 8.94. The molecular weight excluding hydrogens is 462 g/mol. The molecule has 0 unspecified atom stereocenters. The van der Waals surface area contributed by atoms with E-state index >= 15 is 0 Å². The van der Waals surface area contributed by atoms with Crippen molar-refractivity contribution >= 4 is 43.4 Å². The summed E-state index contributed by atoms with van der Waals surface area (Å²) in [5.41, 5.74) is 2.96. The average Bonchev–Trinajstić information content (AvgIpc) is 3.30. The molecule has 2 heterocycles. The Balaban J connectivity index is 1.52. The normalized spacial score (nSPS) is 13.6. The Morgan fingerprint density at radius 1 is 0.914 bits per heavy atom. The number of amides is 1. The molecule has 7 nitrogen and oxygen atoms in total. The highest BCUT2D eigenvalue weighted by Gasteiger charge is 2.29. The number of fused-ring (bicyclic) bond motifs is 3. The highest BCUT2D eigenvalue weighted by molar-refractivity contribution is 7.89. The fourth-order valence-electron chi connectivity index (χ4n) is 4.98. The number of hydrogen-bond donors (Lipinski definition) is 0. The third kappa shape index (κ3) is 3.83. The SMILES string of the molecule is CCN(CC)S(=O)(=O)c1ccc2c(c1)CCN2C(=O)Cn1c2ccccc2c(=O)c2ccccc21. The van der Waals surface area contributed by atoms with Crippen LogP contribution in [0.5, 0.6) is 0 Å². The molecule has 0 saturated heterocycles. The van der Waals surface area contributed by atoms with Crippen molar-refractivity contribution in [2.45, 2.75) is 31.7 Å². The number of carbonyl (C=O) groups is 1. The molecule has 1 aromatic heterocycles. The van der Waals surface area contributed by atoms with Gasteiger partial charge in [0, 0.05) is 36.1 Å². The zero-order chi connectivity index (χ0) is 24.7. The fourth-order valence-corrected chi connectivity index (χ4v) is 6.49. The van der Waals surface area contributed by atoms with E-state index in [4.69, 9.17) is 0 Å². The van der Waals surface area contributed by atoms with E-state index in [0.29, 0.717) is 47.9 Å². The number of hydrogen-bond acceptors (Lipinski definition) is 4. The minimum absolute atomic E-state index is 0.0478. The molecule has 0 N–H and O–H groups in total. The van der Waals surface area contributed by atoms with Crippen LogP contribution >= 0.6 is 0 Å². The molecule has 0 fully saturated rings. The summed E-state index contributed by atoms with van der Waals surface area (Å²) in [6.07, 6.45) is 0.592. The van der Waals surface area contributed by atoms with Gasteiger partial charge in [-0.15, -0.1) is 0 Å². The smallest absolute Gasteiger partial charge is 0.246 e. The van der Waals surface area contributed by atoms with Crippen molar-refractivity contribution in [3.8, 4) is 0 Å². The fraction of sp³-hybridized carbons (Fsp3) is 0.259. The van der Waals surface area contributed by atoms with E-state index in [1.165, 1.54) is 4.31 Å². The molecule has 0 atom stereocenters. The van der Waals surface area contributed by atoms with Gasteiger partial charge in [0.05, 0.1) is 15.9 Å². The highest BCUT2D eigenvalue weighted by atomic mass is 32.2. The number of aromatic nitrogens is 1. The van der Waals surface area contributed by atoms with Gasteiger partial charge in [-0.25, -0.2) is 8.42 Å². The van der Waals surface area contributed by atoms with Gasteiger partial charge in [-0.05, 0) is 54.4 Å². The number of nitrogens with zero attached hydrogens (tertiary/aromatic N) is 3. The first-order chi connectivity index (χ1) is 16.9. The molecule has 1 amide bonds. The molecular formula is C27H27N3O4S. The summed E-state index contributed by atoms with van der Waals surface area (Å²) in [6.45, 7) is 5.00. The van der Waals surface area contributed by atoms with Gasteiger partial charge in [0.15, 0.2) is 5.43 Å². The number of pyridine rings is 1. The molecule has 4 aromatic rings. The molecule has 8 heteroatoms. The van der Waals surface area contributed by atoms with Crippen LogP contribution in [0.15, 0.2) is 76.4 Å². The van der Waals surface area contributed by atoms with E-state index in [9.17, 15) is 18.0 Å². The number of para-hydroxylation sites is 2. The molecule has 5 rings (SSSR count). The quantitative estimate of drug-likeness (QED) is 0.386. The van der Waals surface area contributed by atoms with Crippen LogP contribution in [0.2, 0.25) is 0 Å². The predicted molar refractivity (Wildman–Crippen MR) is 138 cm³/mol. The van der Waals surface area contributed by atoms with Gasteiger partial charge in [-0.3, -0.25) is 9.59 Å². The van der Waals surface area contributed by atoms with Gasteiger partial charge in [-0.1, -0.05) is 38.1 Å². The van der Waals surface area contributed by atoms with Crippen LogP contribution in [-0.2, 0) is 27.8 Å². The molecule has 0 bridgehead atoms. The number of sulfonamides is 1. The summed E-state index contributed by atoms with van der Waals surface area (Å²) in [7, 11) is -3.57. The molecule has 180 valence electrons. The van der Waals surface area contributed by atoms with Crippen molar-refractivity contribution in [3.05, 3.63) is 82.5 Å². The molecule has 1 aliphatic heterocycles. The predicted octanol–water partition coefficient (Wildman–Crippen LogP) is 3.77. The van der Waals surface area contributed by atoms with E-state index in [-0.39, 0.29) is 22.8 Å². The molecule has 0 aliphatic carbocycles. The maximum atomic E-state index is 13.5. The van der Waals surface area contributed by atoms with Gasteiger partial charge < -0.3 is 9.47 Å². The Morgan fingerprint density at radius 3 is 2.11 bits per heavy atom. The highest BCUT2D eigenvalue weighted by Crippen LogP contribution is 2.32. The van der Waals surface area contributed by atoms with Crippen LogP contribution in [0.25, 0.3) is 21.8 Å². The van der Waals surface area contributed by atoms with E-state index in [1.807, 2.05) is 54.8 Å². The van der Waals surface area contributed by atoms with Crippen LogP contribution in [0.4, 0.5) is 5.69 Å². The lowest BCUT2D eigenvalue weighted by Crippen LogP contribution is -2.33. The summed E-state index contributed by atoms with van der Waals surface area (Å²) in [4.78, 5) is 28.5. The van der Waals surface area contributed by atoms with Gasteiger partial charge in [0.1, 0.15) is 6.54 Å². The van der Waals surface area contributed by atoms with Crippen LogP contribution in [-0.4, -0.2) is 42.8 Å². The van der Waals surface area contributed by atoms with E-state index in [1.54, 1.807) is 35.2 Å². The molecule has 0 spiro atoms. The minimum Gasteiger partial charge on any atom is -0.331 e. The van der Waals surface area contributed by atoms with Gasteiger partial charge in [-0.2, -0.15) is 4.31 Å². The molecule has 3 aromatic carbocycles. The first-order valence-electron chi connectivity index (χ1n) is 11.8. The van der Waals surface area contributed by atoms with Crippen LogP contribution in [0, 0.1) is 0 Å². The first kappa shape index (κ1) is 23.3. The van der Waals surface area contributed by atoms with Crippen molar-refractivity contribution < 1.29 is 13.2 Å². The Labute approximate surface area is 204 Å². The maximum Gasteiger partial charge on any atom is 0.246 e. The topological polar surface area (TPSA) is 79.7 Å². The summed E-state index contributed by atoms with van der Waals surface area (Å²) < 4.78 is 29.2. The second-order valence-electron chi connectivity index (χ2n) is 8.62. The average molecular weight is 490 g/mol. The lowest BCUT2D eigenvalue weighted by Gasteiger charge is -2.22. The van der Waals surface area contributed by atoms with Crippen LogP contribution in [0.3, 0.4) is 0 Å². The third-order valence-corrected chi connectivity index (χ3v) is 8.81. The minimum atomic E-state index is -3.57. The van der Waals surface area contributed by atoms with E-state index < -0.39 is 10.0 Å². The molecule has 35 heavy (non-hydrogen) atoms. The van der Waals surface area contributed by atoms with Crippen LogP contribution in [0.1, 0.15) is 19.4 Å². The Kier molecular flexibility index (Phi) is 5.94. The monoisotopic (exact) mass is 489 g/mol. The number of anilines is 1. The standard InChI is InChI=1S/C27H27N3O4S/c1-3-28(4-2)35(33,34)20-13-14-23-19(17-20)15-16-29(23)26(31)18-30-24-11-7-5-9-21(24)27(32)22-10-6-8-12-25(22)30/h5-14,17H,3-4,15-16,18H2,1-2H3. The zero-order valence-electron chi connectivity index (χ0n) is 19.8. The van der Waals surface area contributed by atoms with Gasteiger partial charge >= 0.3 is 0 Å². The van der Waals surface area contributed by atoms with Gasteiger partial charge in [0.25, 0.3) is 0 Å². The van der Waals surface area contributed by atoms with E-state index in [2.05, 4.69) is 0 Å². The maximum absolute atomic E-state index is 13.5. The number of benzene rings is 3. The summed E-state index contributed by atoms with van der Waals surface area (Å²) in [5, 5.41) is 1.15. The summed E-state index contributed by atoms with van der Waals surface area (Å²) in [5.74, 6) is -0.109. The summed E-state index contributed by atoms with van der Waals surface area (Å²) in [6, 6.07) is 19.7. The first-order valence-corrected chi connectivity index (χ1v) is 13.2. The lowest BCUT2D eigenvalue weighted by molar-refractivity contribution is -0.118. The Hall–Kier alpha value is -3.49. The van der Waals surface area contributed by atoms with Crippen molar-refractivity contribution in [2.24, 2.45) is 0 Å². The van der Waals surface area contributed by atoms with Gasteiger partial charge in [0.2, 0.25) is 15.9 Å². The van der Waals surface area contributed by atoms with Crippen LogP contribution < -0.4 is 10.3 Å². The number of rotatable bonds is 6. The Bertz CT molecular complexity index is 1560. The number of carbonyl (C=O) groups excluding carboxylic acids is 1. The Morgan fingerprint density at radius 2 is 1.51 bits per heavy atom. The molecule has 1 aliphatic rings.